The van der Waals surface area contributed by atoms with Gasteiger partial charge in [-0.05, 0) is 32.6 Å². The van der Waals surface area contributed by atoms with Gasteiger partial charge < -0.3 is 9.90 Å². The maximum Gasteiger partial charge on any atom is 0.243 e. The zero-order valence-electron chi connectivity index (χ0n) is 9.19. The topological polar surface area (TPSA) is 48.9 Å². The summed E-state index contributed by atoms with van der Waals surface area (Å²) in [5.74, 6) is -0.945. The number of carboxylic acids is 1. The largest absolute Gasteiger partial charge is 0.550 e. The Balaban J connectivity index is 2.12. The minimum atomic E-state index is -0.945. The van der Waals surface area contributed by atoms with Crippen molar-refractivity contribution < 1.29 is 14.5 Å². The van der Waals surface area contributed by atoms with Crippen LogP contribution in [0.4, 0.5) is 0 Å². The van der Waals surface area contributed by atoms with Crippen molar-refractivity contribution in [1.82, 2.24) is 4.57 Å². The first-order valence-corrected chi connectivity index (χ1v) is 5.47. The Labute approximate surface area is 90.2 Å². The summed E-state index contributed by atoms with van der Waals surface area (Å²) in [6.45, 7) is 4.04. The maximum atomic E-state index is 10.2. The number of aryl methyl sites for hydroxylation is 2. The van der Waals surface area contributed by atoms with E-state index >= 15 is 0 Å². The van der Waals surface area contributed by atoms with Gasteiger partial charge in [-0.3, -0.25) is 0 Å². The molecule has 1 aromatic rings. The summed E-state index contributed by atoms with van der Waals surface area (Å²) in [4.78, 5) is 10.2. The van der Waals surface area contributed by atoms with Crippen LogP contribution in [0.1, 0.15) is 32.6 Å². The van der Waals surface area contributed by atoms with Crippen LogP contribution in [0.15, 0.2) is 18.7 Å². The van der Waals surface area contributed by atoms with Gasteiger partial charge >= 0.3 is 0 Å². The van der Waals surface area contributed by atoms with Gasteiger partial charge in [0.1, 0.15) is 12.4 Å². The van der Waals surface area contributed by atoms with E-state index in [1.54, 1.807) is 0 Å². The molecule has 0 saturated heterocycles. The minimum Gasteiger partial charge on any atom is -0.550 e. The Bertz CT molecular complexity index is 307. The van der Waals surface area contributed by atoms with Crippen LogP contribution in [0.3, 0.4) is 0 Å². The monoisotopic (exact) mass is 210 g/mol. The molecule has 0 N–H and O–H groups in total. The number of carbonyl (C=O) groups excluding carboxylic acids is 1. The molecule has 0 radical (unpaired) electrons. The molecule has 84 valence electrons. The molecular formula is C11H18N2O2. The predicted octanol–water partition coefficient (Wildman–Crippen LogP) is 0.106. The third-order valence-corrected chi connectivity index (χ3v) is 2.41. The van der Waals surface area contributed by atoms with Crippen LogP contribution in [-0.2, 0) is 17.9 Å². The number of aliphatic carboxylic acids is 1. The first-order chi connectivity index (χ1) is 7.22. The summed E-state index contributed by atoms with van der Waals surface area (Å²) in [6.07, 6.45) is 9.02. The normalized spacial score (nSPS) is 10.5. The Morgan fingerprint density at radius 1 is 1.40 bits per heavy atom. The van der Waals surface area contributed by atoms with Crippen molar-refractivity contribution in [3.05, 3.63) is 18.7 Å². The number of hydrogen-bond donors (Lipinski definition) is 0. The lowest BCUT2D eigenvalue weighted by molar-refractivity contribution is -0.696. The van der Waals surface area contributed by atoms with E-state index in [0.29, 0.717) is 0 Å². The molecule has 1 heterocycles. The Hall–Kier alpha value is -1.32. The van der Waals surface area contributed by atoms with Gasteiger partial charge in [-0.25, -0.2) is 9.13 Å². The summed E-state index contributed by atoms with van der Waals surface area (Å²) in [6, 6.07) is 0. The molecule has 1 rings (SSSR count). The number of carboxylic acid groups (broad SMARTS) is 1. The minimum absolute atomic E-state index is 0.181. The summed E-state index contributed by atoms with van der Waals surface area (Å²) in [5.41, 5.74) is 0. The second-order valence-corrected chi connectivity index (χ2v) is 3.66. The lowest BCUT2D eigenvalue weighted by Gasteiger charge is -2.00. The molecular weight excluding hydrogens is 192 g/mol. The third-order valence-electron chi connectivity index (χ3n) is 2.41. The SMILES string of the molecule is CCn1cc[n+](CCCCCC(=O)[O-])c1. The van der Waals surface area contributed by atoms with E-state index in [2.05, 4.69) is 22.4 Å². The van der Waals surface area contributed by atoms with E-state index in [1.807, 2.05) is 12.4 Å². The fourth-order valence-electron chi connectivity index (χ4n) is 1.50. The van der Waals surface area contributed by atoms with Crippen LogP contribution in [0.5, 0.6) is 0 Å². The highest BCUT2D eigenvalue weighted by Gasteiger charge is 2.00. The van der Waals surface area contributed by atoms with Gasteiger partial charge in [0.25, 0.3) is 0 Å². The smallest absolute Gasteiger partial charge is 0.243 e. The zero-order chi connectivity index (χ0) is 11.1. The fourth-order valence-corrected chi connectivity index (χ4v) is 1.50. The van der Waals surface area contributed by atoms with Gasteiger partial charge in [0.15, 0.2) is 0 Å². The molecule has 0 aromatic carbocycles. The van der Waals surface area contributed by atoms with E-state index < -0.39 is 5.97 Å². The molecule has 4 heteroatoms. The molecule has 4 nitrogen and oxygen atoms in total. The molecule has 0 spiro atoms. The van der Waals surface area contributed by atoms with E-state index in [4.69, 9.17) is 0 Å². The molecule has 0 aliphatic heterocycles. The predicted molar refractivity (Wildman–Crippen MR) is 53.8 cm³/mol. The van der Waals surface area contributed by atoms with Gasteiger partial charge in [0.05, 0.1) is 13.1 Å². The van der Waals surface area contributed by atoms with Crippen LogP contribution in [-0.4, -0.2) is 10.5 Å². The number of unbranched alkanes of at least 4 members (excludes halogenated alkanes) is 2. The highest BCUT2D eigenvalue weighted by Crippen LogP contribution is 1.98. The quantitative estimate of drug-likeness (QED) is 0.473. The molecule has 0 amide bonds. The Kier molecular flexibility index (Phi) is 4.87. The van der Waals surface area contributed by atoms with Crippen molar-refractivity contribution in [1.29, 1.82) is 0 Å². The average molecular weight is 210 g/mol. The molecule has 0 aliphatic carbocycles. The van der Waals surface area contributed by atoms with Crippen molar-refractivity contribution in [2.45, 2.75) is 45.7 Å². The van der Waals surface area contributed by atoms with E-state index in [1.165, 1.54) is 0 Å². The maximum absolute atomic E-state index is 10.2. The summed E-state index contributed by atoms with van der Waals surface area (Å²) >= 11 is 0. The van der Waals surface area contributed by atoms with Crippen molar-refractivity contribution in [3.63, 3.8) is 0 Å². The number of carbonyl (C=O) groups is 1. The molecule has 0 aliphatic rings. The van der Waals surface area contributed by atoms with Gasteiger partial charge in [-0.15, -0.1) is 0 Å². The van der Waals surface area contributed by atoms with E-state index in [9.17, 15) is 9.90 Å². The second-order valence-electron chi connectivity index (χ2n) is 3.66. The highest BCUT2D eigenvalue weighted by molar-refractivity contribution is 5.63. The molecule has 0 atom stereocenters. The van der Waals surface area contributed by atoms with Crippen molar-refractivity contribution in [2.24, 2.45) is 0 Å². The first-order valence-electron chi connectivity index (χ1n) is 5.47. The zero-order valence-corrected chi connectivity index (χ0v) is 9.19. The van der Waals surface area contributed by atoms with Gasteiger partial charge in [-0.2, -0.15) is 0 Å². The molecule has 15 heavy (non-hydrogen) atoms. The lowest BCUT2D eigenvalue weighted by atomic mass is 10.2. The second kappa shape index (κ2) is 6.22. The van der Waals surface area contributed by atoms with Gasteiger partial charge in [0.2, 0.25) is 6.33 Å². The molecule has 0 unspecified atom stereocenters. The average Bonchev–Trinajstić information content (AvgIpc) is 2.65. The van der Waals surface area contributed by atoms with E-state index in [-0.39, 0.29) is 6.42 Å². The Morgan fingerprint density at radius 2 is 2.20 bits per heavy atom. The summed E-state index contributed by atoms with van der Waals surface area (Å²) < 4.78 is 4.24. The van der Waals surface area contributed by atoms with Crippen LogP contribution in [0, 0.1) is 0 Å². The number of hydrogen-bond acceptors (Lipinski definition) is 2. The van der Waals surface area contributed by atoms with Crippen LogP contribution in [0.25, 0.3) is 0 Å². The third kappa shape index (κ3) is 4.63. The standard InChI is InChI=1S/C11H18N2O2/c1-2-12-8-9-13(10-12)7-5-3-4-6-11(14)15/h8-10H,2-7H2,1H3. The summed E-state index contributed by atoms with van der Waals surface area (Å²) in [7, 11) is 0. The van der Waals surface area contributed by atoms with Gasteiger partial charge in [-0.1, -0.05) is 0 Å². The summed E-state index contributed by atoms with van der Waals surface area (Å²) in [5, 5.41) is 10.2. The van der Waals surface area contributed by atoms with Crippen molar-refractivity contribution in [2.75, 3.05) is 0 Å². The number of nitrogens with zero attached hydrogens (tertiary/aromatic N) is 2. The molecule has 0 saturated carbocycles. The lowest BCUT2D eigenvalue weighted by Crippen LogP contribution is -2.30. The molecule has 0 bridgehead atoms. The first kappa shape index (κ1) is 11.8. The van der Waals surface area contributed by atoms with Gasteiger partial charge in [0, 0.05) is 5.97 Å². The fraction of sp³-hybridized carbons (Fsp3) is 0.636. The van der Waals surface area contributed by atoms with Crippen LogP contribution >= 0.6 is 0 Å². The number of imidazole rings is 1. The van der Waals surface area contributed by atoms with Crippen molar-refractivity contribution in [3.8, 4) is 0 Å². The number of aromatic nitrogens is 2. The number of rotatable bonds is 7. The highest BCUT2D eigenvalue weighted by atomic mass is 16.4. The van der Waals surface area contributed by atoms with E-state index in [0.717, 1.165) is 32.4 Å². The van der Waals surface area contributed by atoms with Crippen LogP contribution < -0.4 is 9.67 Å². The Morgan fingerprint density at radius 3 is 2.80 bits per heavy atom. The van der Waals surface area contributed by atoms with Crippen LogP contribution in [0.2, 0.25) is 0 Å². The van der Waals surface area contributed by atoms with Crippen molar-refractivity contribution >= 4 is 5.97 Å². The molecule has 0 fully saturated rings. The molecule has 1 aromatic heterocycles.